The number of rotatable bonds is 5. The Kier molecular flexibility index (Phi) is 4.46. The summed E-state index contributed by atoms with van der Waals surface area (Å²) in [7, 11) is 0. The lowest BCUT2D eigenvalue weighted by Gasteiger charge is -2.14. The van der Waals surface area contributed by atoms with Crippen molar-refractivity contribution in [2.24, 2.45) is 11.8 Å². The van der Waals surface area contributed by atoms with E-state index in [1.807, 2.05) is 17.8 Å². The Morgan fingerprint density at radius 1 is 1.79 bits per heavy atom. The van der Waals surface area contributed by atoms with Crippen LogP contribution in [0.5, 0.6) is 0 Å². The molecule has 1 aliphatic carbocycles. The highest BCUT2D eigenvalue weighted by Gasteiger charge is 2.26. The quantitative estimate of drug-likeness (QED) is 0.649. The summed E-state index contributed by atoms with van der Waals surface area (Å²) < 4.78 is 0. The van der Waals surface area contributed by atoms with E-state index in [0.717, 1.165) is 17.7 Å². The van der Waals surface area contributed by atoms with Crippen LogP contribution in [0.3, 0.4) is 0 Å². The van der Waals surface area contributed by atoms with Crippen molar-refractivity contribution in [3.63, 3.8) is 0 Å². The third-order valence-corrected chi connectivity index (χ3v) is 3.58. The summed E-state index contributed by atoms with van der Waals surface area (Å²) in [6, 6.07) is 0. The van der Waals surface area contributed by atoms with Crippen LogP contribution in [0.1, 0.15) is 19.8 Å². The molecule has 0 saturated heterocycles. The molecular formula is C12H18OS. The van der Waals surface area contributed by atoms with Gasteiger partial charge in [0.25, 0.3) is 0 Å². The molecule has 2 unspecified atom stereocenters. The molecular weight excluding hydrogens is 192 g/mol. The second-order valence-corrected chi connectivity index (χ2v) is 4.82. The molecule has 78 valence electrons. The van der Waals surface area contributed by atoms with Gasteiger partial charge in [0, 0.05) is 6.42 Å². The van der Waals surface area contributed by atoms with Gasteiger partial charge in [-0.3, -0.25) is 4.79 Å². The second kappa shape index (κ2) is 5.40. The van der Waals surface area contributed by atoms with Crippen molar-refractivity contribution in [1.82, 2.24) is 0 Å². The molecule has 0 aromatic carbocycles. The van der Waals surface area contributed by atoms with Gasteiger partial charge < -0.3 is 0 Å². The molecule has 0 N–H and O–H groups in total. The van der Waals surface area contributed by atoms with Crippen molar-refractivity contribution in [1.29, 1.82) is 0 Å². The molecule has 0 bridgehead atoms. The molecule has 0 fully saturated rings. The monoisotopic (exact) mass is 210 g/mol. The first-order valence-electron chi connectivity index (χ1n) is 5.02. The molecule has 1 rings (SSSR count). The summed E-state index contributed by atoms with van der Waals surface area (Å²) in [4.78, 5) is 11.6. The predicted octanol–water partition coefficient (Wildman–Crippen LogP) is 3.08. The Hall–Kier alpha value is -0.500. The molecule has 1 aliphatic rings. The first kappa shape index (κ1) is 11.6. The number of allylic oxidation sites excluding steroid dienone is 3. The number of carbonyl (C=O) groups excluding carboxylic acids is 1. The molecule has 0 aromatic rings. The topological polar surface area (TPSA) is 17.1 Å². The summed E-state index contributed by atoms with van der Waals surface area (Å²) in [6.45, 7) is 5.89. The molecule has 0 saturated carbocycles. The van der Waals surface area contributed by atoms with E-state index in [1.54, 1.807) is 0 Å². The van der Waals surface area contributed by atoms with Gasteiger partial charge in [-0.15, -0.1) is 6.58 Å². The van der Waals surface area contributed by atoms with Crippen molar-refractivity contribution < 1.29 is 4.79 Å². The van der Waals surface area contributed by atoms with Gasteiger partial charge in [-0.25, -0.2) is 0 Å². The normalized spacial score (nSPS) is 23.4. The third-order valence-electron chi connectivity index (χ3n) is 2.72. The van der Waals surface area contributed by atoms with Gasteiger partial charge >= 0.3 is 0 Å². The SMILES string of the molecule is C=CCC1=CC(C(C)CSC)CC1=O. The fourth-order valence-corrected chi connectivity index (χ4v) is 2.62. The van der Waals surface area contributed by atoms with Crippen LogP contribution in [0, 0.1) is 11.8 Å². The highest BCUT2D eigenvalue weighted by atomic mass is 32.2. The number of Topliss-reactive ketones (excluding diaryl/α,β-unsaturated/α-hetero) is 1. The summed E-state index contributed by atoms with van der Waals surface area (Å²) in [5, 5.41) is 0. The largest absolute Gasteiger partial charge is 0.295 e. The Bertz CT molecular complexity index is 255. The Morgan fingerprint density at radius 3 is 3.07 bits per heavy atom. The van der Waals surface area contributed by atoms with Crippen LogP contribution in [0.15, 0.2) is 24.3 Å². The number of carbonyl (C=O) groups is 1. The van der Waals surface area contributed by atoms with E-state index in [1.165, 1.54) is 0 Å². The number of ketones is 1. The standard InChI is InChI=1S/C12H18OS/c1-4-5-10-6-11(7-12(10)13)9(2)8-14-3/h4,6,9,11H,1,5,7-8H2,2-3H3. The van der Waals surface area contributed by atoms with E-state index < -0.39 is 0 Å². The van der Waals surface area contributed by atoms with E-state index >= 15 is 0 Å². The van der Waals surface area contributed by atoms with Crippen molar-refractivity contribution in [3.05, 3.63) is 24.3 Å². The lowest BCUT2D eigenvalue weighted by Crippen LogP contribution is -2.10. The van der Waals surface area contributed by atoms with Crippen LogP contribution in [0.25, 0.3) is 0 Å². The number of thioether (sulfide) groups is 1. The average molecular weight is 210 g/mol. The molecule has 0 amide bonds. The minimum absolute atomic E-state index is 0.322. The van der Waals surface area contributed by atoms with Gasteiger partial charge in [0.15, 0.2) is 5.78 Å². The van der Waals surface area contributed by atoms with Crippen molar-refractivity contribution in [2.75, 3.05) is 12.0 Å². The van der Waals surface area contributed by atoms with Crippen molar-refractivity contribution >= 4 is 17.5 Å². The van der Waals surface area contributed by atoms with Crippen LogP contribution in [0.2, 0.25) is 0 Å². The summed E-state index contributed by atoms with van der Waals surface area (Å²) >= 11 is 1.85. The van der Waals surface area contributed by atoms with Gasteiger partial charge in [-0.2, -0.15) is 11.8 Å². The van der Waals surface area contributed by atoms with E-state index in [0.29, 0.717) is 24.0 Å². The maximum Gasteiger partial charge on any atom is 0.159 e. The predicted molar refractivity (Wildman–Crippen MR) is 63.6 cm³/mol. The van der Waals surface area contributed by atoms with Gasteiger partial charge in [-0.1, -0.05) is 19.1 Å². The number of hydrogen-bond acceptors (Lipinski definition) is 2. The first-order chi connectivity index (χ1) is 6.69. The summed E-state index contributed by atoms with van der Waals surface area (Å²) in [5.74, 6) is 2.53. The lowest BCUT2D eigenvalue weighted by atomic mass is 9.95. The minimum atomic E-state index is 0.322. The maximum absolute atomic E-state index is 11.6. The van der Waals surface area contributed by atoms with Gasteiger partial charge in [-0.05, 0) is 35.8 Å². The highest BCUT2D eigenvalue weighted by Crippen LogP contribution is 2.30. The fourth-order valence-electron chi connectivity index (χ4n) is 1.84. The van der Waals surface area contributed by atoms with E-state index in [4.69, 9.17) is 0 Å². The molecule has 14 heavy (non-hydrogen) atoms. The zero-order chi connectivity index (χ0) is 10.6. The van der Waals surface area contributed by atoms with Crippen LogP contribution in [0.4, 0.5) is 0 Å². The smallest absolute Gasteiger partial charge is 0.159 e. The Balaban J connectivity index is 2.59. The molecule has 0 radical (unpaired) electrons. The van der Waals surface area contributed by atoms with E-state index in [-0.39, 0.29) is 0 Å². The first-order valence-corrected chi connectivity index (χ1v) is 6.42. The van der Waals surface area contributed by atoms with Crippen molar-refractivity contribution in [3.8, 4) is 0 Å². The molecule has 2 atom stereocenters. The van der Waals surface area contributed by atoms with Gasteiger partial charge in [0.05, 0.1) is 0 Å². The second-order valence-electron chi connectivity index (χ2n) is 3.91. The molecule has 1 nitrogen and oxygen atoms in total. The summed E-state index contributed by atoms with van der Waals surface area (Å²) in [5.41, 5.74) is 0.970. The fraction of sp³-hybridized carbons (Fsp3) is 0.583. The Labute approximate surface area is 90.7 Å². The zero-order valence-electron chi connectivity index (χ0n) is 8.95. The lowest BCUT2D eigenvalue weighted by molar-refractivity contribution is -0.115. The van der Waals surface area contributed by atoms with E-state index in [9.17, 15) is 4.79 Å². The van der Waals surface area contributed by atoms with Crippen LogP contribution >= 0.6 is 11.8 Å². The van der Waals surface area contributed by atoms with E-state index in [2.05, 4.69) is 25.8 Å². The van der Waals surface area contributed by atoms with Crippen LogP contribution < -0.4 is 0 Å². The zero-order valence-corrected chi connectivity index (χ0v) is 9.77. The van der Waals surface area contributed by atoms with Crippen LogP contribution in [-0.4, -0.2) is 17.8 Å². The highest BCUT2D eigenvalue weighted by molar-refractivity contribution is 7.98. The summed E-state index contributed by atoms with van der Waals surface area (Å²) in [6.07, 6.45) is 7.53. The molecule has 0 spiro atoms. The van der Waals surface area contributed by atoms with Gasteiger partial charge in [0.1, 0.15) is 0 Å². The maximum atomic E-state index is 11.6. The van der Waals surface area contributed by atoms with Gasteiger partial charge in [0.2, 0.25) is 0 Å². The minimum Gasteiger partial charge on any atom is -0.295 e. The van der Waals surface area contributed by atoms with Crippen molar-refractivity contribution in [2.45, 2.75) is 19.8 Å². The molecule has 2 heteroatoms. The molecule has 0 aliphatic heterocycles. The molecule has 0 heterocycles. The van der Waals surface area contributed by atoms with Crippen LogP contribution in [-0.2, 0) is 4.79 Å². The Morgan fingerprint density at radius 2 is 2.50 bits per heavy atom. The average Bonchev–Trinajstić information content (AvgIpc) is 2.49. The number of hydrogen-bond donors (Lipinski definition) is 0. The molecule has 0 aromatic heterocycles. The third kappa shape index (κ3) is 2.74.